The Morgan fingerprint density at radius 3 is 2.43 bits per heavy atom. The molecule has 1 unspecified atom stereocenters. The van der Waals surface area contributed by atoms with Crippen molar-refractivity contribution in [3.05, 3.63) is 16.6 Å². The van der Waals surface area contributed by atoms with Crippen LogP contribution in [0, 0.1) is 18.3 Å². The van der Waals surface area contributed by atoms with Crippen LogP contribution >= 0.6 is 11.5 Å². The molecule has 0 aliphatic carbocycles. The highest BCUT2D eigenvalue weighted by Gasteiger charge is 2.28. The Balaban J connectivity index is 2.86. The largest absolute Gasteiger partial charge is 0.293 e. The van der Waals surface area contributed by atoms with E-state index in [-0.39, 0.29) is 17.1 Å². The molecule has 0 saturated carbocycles. The number of ketones is 1. The second-order valence-electron chi connectivity index (χ2n) is 4.78. The topological polar surface area (TPSA) is 30.0 Å². The summed E-state index contributed by atoms with van der Waals surface area (Å²) in [5.74, 6) is 0.255. The SMILES string of the molecule is Cc1cc(C(=O)C(C)C(C)(C)C)sn1. The quantitative estimate of drug-likeness (QED) is 0.702. The summed E-state index contributed by atoms with van der Waals surface area (Å²) in [6.07, 6.45) is 0. The van der Waals surface area contributed by atoms with Crippen LogP contribution in [0.5, 0.6) is 0 Å². The molecule has 0 saturated heterocycles. The monoisotopic (exact) mass is 211 g/mol. The van der Waals surface area contributed by atoms with Gasteiger partial charge in [0.2, 0.25) is 0 Å². The van der Waals surface area contributed by atoms with E-state index in [2.05, 4.69) is 25.1 Å². The molecule has 1 heterocycles. The number of hydrogen-bond acceptors (Lipinski definition) is 3. The third kappa shape index (κ3) is 2.41. The summed E-state index contributed by atoms with van der Waals surface area (Å²) in [5, 5.41) is 0. The van der Waals surface area contributed by atoms with Crippen molar-refractivity contribution >= 4 is 17.3 Å². The van der Waals surface area contributed by atoms with E-state index >= 15 is 0 Å². The first-order valence-corrected chi connectivity index (χ1v) is 5.57. The van der Waals surface area contributed by atoms with Crippen molar-refractivity contribution in [2.75, 3.05) is 0 Å². The fourth-order valence-corrected chi connectivity index (χ4v) is 1.87. The first-order valence-electron chi connectivity index (χ1n) is 4.80. The van der Waals surface area contributed by atoms with Crippen molar-refractivity contribution in [3.63, 3.8) is 0 Å². The molecule has 0 aromatic carbocycles. The van der Waals surface area contributed by atoms with Crippen LogP contribution in [0.25, 0.3) is 0 Å². The Bertz CT molecular complexity index is 335. The van der Waals surface area contributed by atoms with E-state index in [0.717, 1.165) is 10.6 Å². The predicted octanol–water partition coefficient (Wildman–Crippen LogP) is 3.32. The summed E-state index contributed by atoms with van der Waals surface area (Å²) in [6, 6.07) is 1.87. The molecule has 0 fully saturated rings. The molecule has 0 amide bonds. The first-order chi connectivity index (χ1) is 6.32. The lowest BCUT2D eigenvalue weighted by molar-refractivity contribution is 0.0844. The van der Waals surface area contributed by atoms with Crippen LogP contribution in [-0.2, 0) is 0 Å². The summed E-state index contributed by atoms with van der Waals surface area (Å²) >= 11 is 1.30. The van der Waals surface area contributed by atoms with E-state index in [4.69, 9.17) is 0 Å². The second kappa shape index (κ2) is 3.81. The fourth-order valence-electron chi connectivity index (χ4n) is 1.09. The van der Waals surface area contributed by atoms with Crippen molar-refractivity contribution in [2.24, 2.45) is 11.3 Å². The molecule has 0 spiro atoms. The van der Waals surface area contributed by atoms with Gasteiger partial charge in [-0.05, 0) is 29.9 Å². The zero-order valence-electron chi connectivity index (χ0n) is 9.42. The van der Waals surface area contributed by atoms with Gasteiger partial charge in [-0.1, -0.05) is 27.7 Å². The summed E-state index contributed by atoms with van der Waals surface area (Å²) in [6.45, 7) is 10.2. The minimum atomic E-state index is 0.0228. The van der Waals surface area contributed by atoms with Gasteiger partial charge in [-0.15, -0.1) is 0 Å². The molecule has 0 aliphatic rings. The minimum absolute atomic E-state index is 0.0228. The maximum atomic E-state index is 12.0. The number of carbonyl (C=O) groups is 1. The van der Waals surface area contributed by atoms with Crippen LogP contribution in [0.2, 0.25) is 0 Å². The molecule has 0 aliphatic heterocycles. The Hall–Kier alpha value is -0.700. The molecule has 78 valence electrons. The highest BCUT2D eigenvalue weighted by atomic mass is 32.1. The lowest BCUT2D eigenvalue weighted by atomic mass is 9.79. The molecule has 1 aromatic heterocycles. The van der Waals surface area contributed by atoms with Crippen LogP contribution in [-0.4, -0.2) is 10.2 Å². The third-order valence-corrected chi connectivity index (χ3v) is 3.46. The van der Waals surface area contributed by atoms with Crippen LogP contribution < -0.4 is 0 Å². The summed E-state index contributed by atoms with van der Waals surface area (Å²) < 4.78 is 4.12. The number of aryl methyl sites for hydroxylation is 1. The van der Waals surface area contributed by atoms with Gasteiger partial charge >= 0.3 is 0 Å². The Labute approximate surface area is 89.5 Å². The number of hydrogen-bond donors (Lipinski definition) is 0. The van der Waals surface area contributed by atoms with E-state index in [9.17, 15) is 4.79 Å². The van der Waals surface area contributed by atoms with Gasteiger partial charge in [0.25, 0.3) is 0 Å². The minimum Gasteiger partial charge on any atom is -0.293 e. The van der Waals surface area contributed by atoms with Crippen LogP contribution in [0.3, 0.4) is 0 Å². The predicted molar refractivity (Wildman–Crippen MR) is 59.8 cm³/mol. The van der Waals surface area contributed by atoms with Gasteiger partial charge in [0.05, 0.1) is 10.6 Å². The van der Waals surface area contributed by atoms with Crippen molar-refractivity contribution in [1.29, 1.82) is 0 Å². The van der Waals surface area contributed by atoms with E-state index < -0.39 is 0 Å². The molecule has 14 heavy (non-hydrogen) atoms. The molecule has 3 heteroatoms. The number of rotatable bonds is 2. The average Bonchev–Trinajstić information content (AvgIpc) is 2.47. The number of carbonyl (C=O) groups excluding carboxylic acids is 1. The summed E-state index contributed by atoms with van der Waals surface area (Å²) in [7, 11) is 0. The first kappa shape index (κ1) is 11.4. The van der Waals surface area contributed by atoms with Crippen LogP contribution in [0.1, 0.15) is 43.1 Å². The van der Waals surface area contributed by atoms with Crippen molar-refractivity contribution in [3.8, 4) is 0 Å². The van der Waals surface area contributed by atoms with Gasteiger partial charge in [0.15, 0.2) is 5.78 Å². The fraction of sp³-hybridized carbons (Fsp3) is 0.636. The Morgan fingerprint density at radius 1 is 1.50 bits per heavy atom. The van der Waals surface area contributed by atoms with Gasteiger partial charge in [-0.2, -0.15) is 4.37 Å². The molecule has 1 atom stereocenters. The highest BCUT2D eigenvalue weighted by molar-refractivity contribution is 7.08. The van der Waals surface area contributed by atoms with Gasteiger partial charge < -0.3 is 0 Å². The van der Waals surface area contributed by atoms with E-state index in [1.54, 1.807) is 0 Å². The maximum absolute atomic E-state index is 12.0. The lowest BCUT2D eigenvalue weighted by Gasteiger charge is -2.25. The van der Waals surface area contributed by atoms with Crippen molar-refractivity contribution < 1.29 is 4.79 Å². The summed E-state index contributed by atoms with van der Waals surface area (Å²) in [5.41, 5.74) is 0.953. The molecular weight excluding hydrogens is 194 g/mol. The van der Waals surface area contributed by atoms with E-state index in [1.165, 1.54) is 11.5 Å². The van der Waals surface area contributed by atoms with E-state index in [0.29, 0.717) is 0 Å². The standard InChI is InChI=1S/C11H17NOS/c1-7-6-9(14-12-7)10(13)8(2)11(3,4)5/h6,8H,1-5H3. The zero-order valence-corrected chi connectivity index (χ0v) is 10.2. The molecule has 1 rings (SSSR count). The van der Waals surface area contributed by atoms with Gasteiger partial charge in [0, 0.05) is 5.92 Å². The average molecular weight is 211 g/mol. The normalized spacial score (nSPS) is 14.1. The maximum Gasteiger partial charge on any atom is 0.177 e. The van der Waals surface area contributed by atoms with Crippen molar-refractivity contribution in [1.82, 2.24) is 4.37 Å². The van der Waals surface area contributed by atoms with Gasteiger partial charge in [0.1, 0.15) is 0 Å². The van der Waals surface area contributed by atoms with Gasteiger partial charge in [-0.25, -0.2) is 0 Å². The molecule has 1 aromatic rings. The molecule has 2 nitrogen and oxygen atoms in total. The second-order valence-corrected chi connectivity index (χ2v) is 5.59. The van der Waals surface area contributed by atoms with Gasteiger partial charge in [-0.3, -0.25) is 4.79 Å². The number of Topliss-reactive ketones (excluding diaryl/α,β-unsaturated/α-hetero) is 1. The van der Waals surface area contributed by atoms with Crippen LogP contribution in [0.4, 0.5) is 0 Å². The zero-order chi connectivity index (χ0) is 10.9. The molecular formula is C11H17NOS. The Morgan fingerprint density at radius 2 is 2.07 bits per heavy atom. The molecule has 0 radical (unpaired) electrons. The van der Waals surface area contributed by atoms with Crippen LogP contribution in [0.15, 0.2) is 6.07 Å². The van der Waals surface area contributed by atoms with Crippen molar-refractivity contribution in [2.45, 2.75) is 34.6 Å². The third-order valence-electron chi connectivity index (χ3n) is 2.56. The van der Waals surface area contributed by atoms with E-state index in [1.807, 2.05) is 19.9 Å². The Kier molecular flexibility index (Phi) is 3.10. The number of nitrogens with zero attached hydrogens (tertiary/aromatic N) is 1. The summed E-state index contributed by atoms with van der Waals surface area (Å²) in [4.78, 5) is 12.8. The smallest absolute Gasteiger partial charge is 0.177 e. The lowest BCUT2D eigenvalue weighted by Crippen LogP contribution is -2.25. The highest BCUT2D eigenvalue weighted by Crippen LogP contribution is 2.29. The number of aromatic nitrogens is 1. The molecule has 0 bridgehead atoms. The molecule has 0 N–H and O–H groups in total.